The Morgan fingerprint density at radius 2 is 1.51 bits per heavy atom. The molecule has 1 aliphatic rings. The monoisotopic (exact) mass is 589 g/mol. The summed E-state index contributed by atoms with van der Waals surface area (Å²) in [6, 6.07) is 21.8. The fourth-order valence-corrected chi connectivity index (χ4v) is 5.31. The highest BCUT2D eigenvalue weighted by molar-refractivity contribution is 7.17. The molecule has 1 aliphatic heterocycles. The van der Waals surface area contributed by atoms with Crippen LogP contribution in [0.15, 0.2) is 60.7 Å². The van der Waals surface area contributed by atoms with Crippen molar-refractivity contribution in [3.63, 3.8) is 0 Å². The summed E-state index contributed by atoms with van der Waals surface area (Å²) in [4.78, 5) is 28.3. The number of anilines is 1. The topological polar surface area (TPSA) is 72.9 Å². The van der Waals surface area contributed by atoms with E-state index in [9.17, 15) is 18.0 Å². The lowest BCUT2D eigenvalue weighted by molar-refractivity contribution is -0.192. The van der Waals surface area contributed by atoms with E-state index in [-0.39, 0.29) is 17.4 Å². The molecule has 1 saturated heterocycles. The summed E-state index contributed by atoms with van der Waals surface area (Å²) in [5.74, 6) is -2.70. The molecule has 0 saturated carbocycles. The molecule has 3 aromatic rings. The minimum atomic E-state index is -5.08. The molecule has 2 aromatic carbocycles. The molecule has 41 heavy (non-hydrogen) atoms. The van der Waals surface area contributed by atoms with Gasteiger partial charge >= 0.3 is 12.1 Å². The Hall–Kier alpha value is -3.37. The third-order valence-electron chi connectivity index (χ3n) is 6.89. The zero-order chi connectivity index (χ0) is 30.4. The number of halogens is 3. The van der Waals surface area contributed by atoms with Crippen LogP contribution in [0.5, 0.6) is 0 Å². The van der Waals surface area contributed by atoms with Crippen molar-refractivity contribution in [1.82, 2.24) is 10.2 Å². The van der Waals surface area contributed by atoms with Crippen molar-refractivity contribution in [1.29, 1.82) is 0 Å². The van der Waals surface area contributed by atoms with Crippen molar-refractivity contribution < 1.29 is 27.9 Å². The zero-order valence-corrected chi connectivity index (χ0v) is 24.9. The standard InChI is InChI=1S/C29H37N3OS.C2HF3O2/c1-29(2,3)23-10-6-21(7-11-23)20-32-18-16-24(17-19-32)30-28(33)27-15-14-26(34-27)22-8-12-25(13-9-22)31(4)5;3-2(4,5)1(6)7/h6-15,24H,16-20H2,1-5H3,(H,30,33);(H,6,7). The minimum absolute atomic E-state index is 0.0531. The van der Waals surface area contributed by atoms with Gasteiger partial charge in [-0.15, -0.1) is 11.3 Å². The number of hydrogen-bond acceptors (Lipinski definition) is 5. The molecule has 1 fully saturated rings. The van der Waals surface area contributed by atoms with Gasteiger partial charge in [0, 0.05) is 50.3 Å². The second kappa shape index (κ2) is 13.5. The summed E-state index contributed by atoms with van der Waals surface area (Å²) in [7, 11) is 4.08. The van der Waals surface area contributed by atoms with Crippen LogP contribution < -0.4 is 10.2 Å². The first kappa shape index (κ1) is 32.1. The predicted molar refractivity (Wildman–Crippen MR) is 159 cm³/mol. The van der Waals surface area contributed by atoms with Gasteiger partial charge in [0.05, 0.1) is 4.88 Å². The predicted octanol–water partition coefficient (Wildman–Crippen LogP) is 6.81. The third-order valence-corrected chi connectivity index (χ3v) is 8.02. The number of carboxylic acid groups (broad SMARTS) is 1. The van der Waals surface area contributed by atoms with Crippen molar-refractivity contribution in [3.05, 3.63) is 76.7 Å². The van der Waals surface area contributed by atoms with Crippen LogP contribution in [0.25, 0.3) is 10.4 Å². The van der Waals surface area contributed by atoms with Crippen molar-refractivity contribution in [2.75, 3.05) is 32.1 Å². The normalized spacial score (nSPS) is 14.6. The lowest BCUT2D eigenvalue weighted by Crippen LogP contribution is -2.44. The van der Waals surface area contributed by atoms with E-state index in [4.69, 9.17) is 9.90 Å². The Morgan fingerprint density at radius 1 is 0.951 bits per heavy atom. The highest BCUT2D eigenvalue weighted by Crippen LogP contribution is 2.30. The van der Waals surface area contributed by atoms with Crippen LogP contribution in [0.4, 0.5) is 18.9 Å². The highest BCUT2D eigenvalue weighted by atomic mass is 32.1. The van der Waals surface area contributed by atoms with Crippen LogP contribution in [-0.2, 0) is 16.8 Å². The Labute approximate surface area is 243 Å². The van der Waals surface area contributed by atoms with Crippen LogP contribution in [-0.4, -0.2) is 61.3 Å². The average molecular weight is 590 g/mol. The summed E-state index contributed by atoms with van der Waals surface area (Å²) < 4.78 is 31.7. The zero-order valence-electron chi connectivity index (χ0n) is 24.1. The maximum absolute atomic E-state index is 12.9. The van der Waals surface area contributed by atoms with E-state index in [0.717, 1.165) is 47.8 Å². The number of nitrogens with zero attached hydrogens (tertiary/aromatic N) is 2. The van der Waals surface area contributed by atoms with Gasteiger partial charge in [-0.25, -0.2) is 4.79 Å². The average Bonchev–Trinajstić information content (AvgIpc) is 3.40. The van der Waals surface area contributed by atoms with Crippen molar-refractivity contribution in [2.45, 2.75) is 57.8 Å². The lowest BCUT2D eigenvalue weighted by Gasteiger charge is -2.32. The van der Waals surface area contributed by atoms with Gasteiger partial charge in [0.25, 0.3) is 5.91 Å². The number of thiophene rings is 1. The molecule has 1 amide bonds. The van der Waals surface area contributed by atoms with Crippen LogP contribution in [0.3, 0.4) is 0 Å². The van der Waals surface area contributed by atoms with Gasteiger partial charge in [-0.2, -0.15) is 13.2 Å². The quantitative estimate of drug-likeness (QED) is 0.331. The summed E-state index contributed by atoms with van der Waals surface area (Å²) in [5, 5.41) is 10.4. The van der Waals surface area contributed by atoms with Gasteiger partial charge < -0.3 is 15.3 Å². The molecular weight excluding hydrogens is 551 g/mol. The molecule has 0 atom stereocenters. The first-order valence-corrected chi connectivity index (χ1v) is 14.3. The largest absolute Gasteiger partial charge is 0.490 e. The molecule has 1 aromatic heterocycles. The van der Waals surface area contributed by atoms with Crippen LogP contribution in [0.1, 0.15) is 54.4 Å². The van der Waals surface area contributed by atoms with E-state index in [1.807, 2.05) is 20.2 Å². The van der Waals surface area contributed by atoms with Gasteiger partial charge in [-0.05, 0) is 59.2 Å². The van der Waals surface area contributed by atoms with Crippen molar-refractivity contribution >= 4 is 28.9 Å². The van der Waals surface area contributed by atoms with E-state index in [1.54, 1.807) is 11.3 Å². The summed E-state index contributed by atoms with van der Waals surface area (Å²) >= 11 is 1.57. The van der Waals surface area contributed by atoms with Gasteiger partial charge in [0.15, 0.2) is 0 Å². The lowest BCUT2D eigenvalue weighted by atomic mass is 9.86. The van der Waals surface area contributed by atoms with Gasteiger partial charge in [-0.3, -0.25) is 9.69 Å². The molecule has 6 nitrogen and oxygen atoms in total. The first-order chi connectivity index (χ1) is 19.1. The maximum atomic E-state index is 12.9. The number of alkyl halides is 3. The molecule has 4 rings (SSSR count). The number of carbonyl (C=O) groups excluding carboxylic acids is 1. The first-order valence-electron chi connectivity index (χ1n) is 13.4. The Bertz CT molecular complexity index is 1290. The second-order valence-corrected chi connectivity index (χ2v) is 12.5. The number of likely N-dealkylation sites (tertiary alicyclic amines) is 1. The number of carboxylic acids is 1. The van der Waals surface area contributed by atoms with Crippen LogP contribution in [0.2, 0.25) is 0 Å². The molecule has 2 N–H and O–H groups in total. The molecule has 0 spiro atoms. The number of benzene rings is 2. The third kappa shape index (κ3) is 9.60. The summed E-state index contributed by atoms with van der Waals surface area (Å²) in [6.07, 6.45) is -3.09. The number of aliphatic carboxylic acids is 1. The number of hydrogen-bond donors (Lipinski definition) is 2. The molecule has 222 valence electrons. The Morgan fingerprint density at radius 3 is 2.00 bits per heavy atom. The smallest absolute Gasteiger partial charge is 0.475 e. The number of carbonyl (C=O) groups is 2. The van der Waals surface area contributed by atoms with Crippen LogP contribution in [0, 0.1) is 0 Å². The van der Waals surface area contributed by atoms with Crippen molar-refractivity contribution in [3.8, 4) is 10.4 Å². The fourth-order valence-electron chi connectivity index (χ4n) is 4.40. The van der Waals surface area contributed by atoms with Crippen LogP contribution >= 0.6 is 11.3 Å². The van der Waals surface area contributed by atoms with E-state index in [2.05, 4.69) is 90.5 Å². The number of nitrogens with one attached hydrogen (secondary N) is 1. The Kier molecular flexibility index (Phi) is 10.6. The summed E-state index contributed by atoms with van der Waals surface area (Å²) in [6.45, 7) is 9.76. The maximum Gasteiger partial charge on any atom is 0.490 e. The minimum Gasteiger partial charge on any atom is -0.475 e. The highest BCUT2D eigenvalue weighted by Gasteiger charge is 2.38. The van der Waals surface area contributed by atoms with E-state index in [0.29, 0.717) is 0 Å². The SMILES string of the molecule is CN(C)c1ccc(-c2ccc(C(=O)NC3CCN(Cc4ccc(C(C)(C)C)cc4)CC3)s2)cc1.O=C(O)C(F)(F)F. The summed E-state index contributed by atoms with van der Waals surface area (Å²) in [5.41, 5.74) is 5.25. The molecule has 0 aliphatic carbocycles. The van der Waals surface area contributed by atoms with Gasteiger partial charge in [-0.1, -0.05) is 57.2 Å². The molecular formula is C31H38F3N3O3S. The van der Waals surface area contributed by atoms with Gasteiger partial charge in [0.1, 0.15) is 0 Å². The molecule has 0 unspecified atom stereocenters. The molecule has 2 heterocycles. The van der Waals surface area contributed by atoms with E-state index in [1.165, 1.54) is 16.8 Å². The second-order valence-electron chi connectivity index (χ2n) is 11.4. The van der Waals surface area contributed by atoms with E-state index < -0.39 is 12.1 Å². The molecule has 0 radical (unpaired) electrons. The number of rotatable bonds is 6. The van der Waals surface area contributed by atoms with Crippen molar-refractivity contribution in [2.24, 2.45) is 0 Å². The molecule has 0 bridgehead atoms. The number of piperidine rings is 1. The van der Waals surface area contributed by atoms with Gasteiger partial charge in [0.2, 0.25) is 0 Å². The van der Waals surface area contributed by atoms with E-state index >= 15 is 0 Å². The number of amides is 1. The Balaban J connectivity index is 0.000000587. The fraction of sp³-hybridized carbons (Fsp3) is 0.419. The molecule has 10 heteroatoms.